The summed E-state index contributed by atoms with van der Waals surface area (Å²) in [5.74, 6) is 0.114. The lowest BCUT2D eigenvalue weighted by Gasteiger charge is -2.16. The van der Waals surface area contributed by atoms with E-state index in [0.717, 1.165) is 13.1 Å². The molecule has 0 aliphatic rings. The number of rotatable bonds is 4. The van der Waals surface area contributed by atoms with E-state index in [4.69, 9.17) is 5.26 Å². The third kappa shape index (κ3) is 3.58. The lowest BCUT2D eigenvalue weighted by atomic mass is 10.2. The summed E-state index contributed by atoms with van der Waals surface area (Å²) in [6.07, 6.45) is 0. The minimum atomic E-state index is 0.114. The fraction of sp³-hybridized carbons (Fsp3) is 0.500. The van der Waals surface area contributed by atoms with Crippen molar-refractivity contribution in [3.63, 3.8) is 0 Å². The van der Waals surface area contributed by atoms with E-state index < -0.39 is 0 Å². The van der Waals surface area contributed by atoms with Crippen LogP contribution in [0.25, 0.3) is 0 Å². The van der Waals surface area contributed by atoms with Gasteiger partial charge in [-0.2, -0.15) is 16.6 Å². The molecule has 70 valence electrons. The van der Waals surface area contributed by atoms with Gasteiger partial charge in [0.25, 0.3) is 0 Å². The SMILES string of the molecule is CC(C#N)CN(C)Cc1ccsc1. The predicted octanol–water partition coefficient (Wildman–Crippen LogP) is 2.34. The second kappa shape index (κ2) is 5.00. The van der Waals surface area contributed by atoms with Gasteiger partial charge in [0.2, 0.25) is 0 Å². The average Bonchev–Trinajstić information content (AvgIpc) is 2.56. The summed E-state index contributed by atoms with van der Waals surface area (Å²) >= 11 is 1.71. The summed E-state index contributed by atoms with van der Waals surface area (Å²) in [4.78, 5) is 2.18. The van der Waals surface area contributed by atoms with Crippen LogP contribution in [0.3, 0.4) is 0 Å². The zero-order valence-electron chi connectivity index (χ0n) is 8.03. The maximum Gasteiger partial charge on any atom is 0.0666 e. The van der Waals surface area contributed by atoms with Crippen LogP contribution in [-0.2, 0) is 6.54 Å². The van der Waals surface area contributed by atoms with Gasteiger partial charge in [-0.3, -0.25) is 0 Å². The maximum atomic E-state index is 8.64. The van der Waals surface area contributed by atoms with Crippen molar-refractivity contribution in [1.29, 1.82) is 5.26 Å². The van der Waals surface area contributed by atoms with Crippen LogP contribution in [0.4, 0.5) is 0 Å². The van der Waals surface area contributed by atoms with Crippen molar-refractivity contribution in [1.82, 2.24) is 4.90 Å². The topological polar surface area (TPSA) is 27.0 Å². The van der Waals surface area contributed by atoms with Gasteiger partial charge in [-0.1, -0.05) is 0 Å². The Bertz CT molecular complexity index is 274. The normalized spacial score (nSPS) is 12.8. The molecule has 13 heavy (non-hydrogen) atoms. The Morgan fingerprint density at radius 1 is 1.69 bits per heavy atom. The second-order valence-corrected chi connectivity index (χ2v) is 4.14. The monoisotopic (exact) mass is 194 g/mol. The minimum absolute atomic E-state index is 0.114. The first-order chi connectivity index (χ1) is 6.22. The van der Waals surface area contributed by atoms with E-state index in [-0.39, 0.29) is 5.92 Å². The van der Waals surface area contributed by atoms with Crippen LogP contribution in [0, 0.1) is 17.2 Å². The van der Waals surface area contributed by atoms with Gasteiger partial charge in [0.15, 0.2) is 0 Å². The Labute approximate surface area is 83.4 Å². The molecule has 0 aromatic carbocycles. The first kappa shape index (κ1) is 10.2. The molecule has 0 bridgehead atoms. The zero-order chi connectivity index (χ0) is 9.68. The smallest absolute Gasteiger partial charge is 0.0666 e. The molecule has 3 heteroatoms. The fourth-order valence-electron chi connectivity index (χ4n) is 1.27. The largest absolute Gasteiger partial charge is 0.301 e. The molecule has 2 nitrogen and oxygen atoms in total. The molecule has 1 unspecified atom stereocenters. The summed E-state index contributed by atoms with van der Waals surface area (Å²) in [6, 6.07) is 4.36. The maximum absolute atomic E-state index is 8.64. The van der Waals surface area contributed by atoms with Gasteiger partial charge in [-0.25, -0.2) is 0 Å². The molecule has 1 aromatic rings. The number of hydrogen-bond acceptors (Lipinski definition) is 3. The Kier molecular flexibility index (Phi) is 3.94. The van der Waals surface area contributed by atoms with E-state index in [0.29, 0.717) is 0 Å². The summed E-state index contributed by atoms with van der Waals surface area (Å²) < 4.78 is 0. The standard InChI is InChI=1S/C10H14N2S/c1-9(5-11)6-12(2)7-10-3-4-13-8-10/h3-4,8-9H,6-7H2,1-2H3. The van der Waals surface area contributed by atoms with Crippen molar-refractivity contribution in [2.75, 3.05) is 13.6 Å². The fourth-order valence-corrected chi connectivity index (χ4v) is 1.93. The molecule has 1 aromatic heterocycles. The van der Waals surface area contributed by atoms with Gasteiger partial charge in [0.1, 0.15) is 0 Å². The summed E-state index contributed by atoms with van der Waals surface area (Å²) in [5, 5.41) is 12.9. The van der Waals surface area contributed by atoms with Crippen LogP contribution < -0.4 is 0 Å². The third-order valence-corrected chi connectivity index (χ3v) is 2.57. The van der Waals surface area contributed by atoms with Gasteiger partial charge < -0.3 is 4.90 Å². The summed E-state index contributed by atoms with van der Waals surface area (Å²) in [5.41, 5.74) is 1.33. The molecule has 0 saturated carbocycles. The van der Waals surface area contributed by atoms with Gasteiger partial charge in [0, 0.05) is 13.1 Å². The number of hydrogen-bond donors (Lipinski definition) is 0. The third-order valence-electron chi connectivity index (χ3n) is 1.84. The second-order valence-electron chi connectivity index (χ2n) is 3.36. The summed E-state index contributed by atoms with van der Waals surface area (Å²) in [7, 11) is 2.05. The van der Waals surface area contributed by atoms with E-state index in [1.54, 1.807) is 11.3 Å². The van der Waals surface area contributed by atoms with Crippen LogP contribution in [0.15, 0.2) is 16.8 Å². The van der Waals surface area contributed by atoms with Crippen LogP contribution >= 0.6 is 11.3 Å². The molecular weight excluding hydrogens is 180 g/mol. The Hall–Kier alpha value is -0.850. The number of nitriles is 1. The first-order valence-electron chi connectivity index (χ1n) is 4.31. The van der Waals surface area contributed by atoms with Crippen LogP contribution in [0.1, 0.15) is 12.5 Å². The Morgan fingerprint density at radius 2 is 2.46 bits per heavy atom. The summed E-state index contributed by atoms with van der Waals surface area (Å²) in [6.45, 7) is 3.73. The van der Waals surface area contributed by atoms with E-state index in [1.165, 1.54) is 5.56 Å². The molecule has 1 heterocycles. The van der Waals surface area contributed by atoms with E-state index >= 15 is 0 Å². The molecule has 1 atom stereocenters. The number of nitrogens with zero attached hydrogens (tertiary/aromatic N) is 2. The molecule has 0 aliphatic carbocycles. The van der Waals surface area contributed by atoms with E-state index in [2.05, 4.69) is 27.8 Å². The predicted molar refractivity (Wildman–Crippen MR) is 55.4 cm³/mol. The highest BCUT2D eigenvalue weighted by molar-refractivity contribution is 7.07. The quantitative estimate of drug-likeness (QED) is 0.735. The van der Waals surface area contributed by atoms with Gasteiger partial charge in [-0.15, -0.1) is 0 Å². The molecule has 0 saturated heterocycles. The molecule has 0 amide bonds. The van der Waals surface area contributed by atoms with Crippen LogP contribution in [0.5, 0.6) is 0 Å². The molecule has 0 N–H and O–H groups in total. The van der Waals surface area contributed by atoms with Crippen molar-refractivity contribution in [2.24, 2.45) is 5.92 Å². The van der Waals surface area contributed by atoms with Gasteiger partial charge >= 0.3 is 0 Å². The lowest BCUT2D eigenvalue weighted by molar-refractivity contribution is 0.303. The van der Waals surface area contributed by atoms with E-state index in [1.807, 2.05) is 14.0 Å². The minimum Gasteiger partial charge on any atom is -0.301 e. The number of thiophene rings is 1. The zero-order valence-corrected chi connectivity index (χ0v) is 8.84. The van der Waals surface area contributed by atoms with Gasteiger partial charge in [0.05, 0.1) is 12.0 Å². The van der Waals surface area contributed by atoms with Crippen molar-refractivity contribution < 1.29 is 0 Å². The first-order valence-corrected chi connectivity index (χ1v) is 5.26. The van der Waals surface area contributed by atoms with Crippen molar-refractivity contribution >= 4 is 11.3 Å². The average molecular weight is 194 g/mol. The van der Waals surface area contributed by atoms with Crippen LogP contribution in [0.2, 0.25) is 0 Å². The molecule has 0 fully saturated rings. The molecular formula is C10H14N2S. The molecule has 0 radical (unpaired) electrons. The Balaban J connectivity index is 2.34. The van der Waals surface area contributed by atoms with Gasteiger partial charge in [-0.05, 0) is 36.4 Å². The highest BCUT2D eigenvalue weighted by atomic mass is 32.1. The van der Waals surface area contributed by atoms with E-state index in [9.17, 15) is 0 Å². The van der Waals surface area contributed by atoms with Crippen molar-refractivity contribution in [3.05, 3.63) is 22.4 Å². The lowest BCUT2D eigenvalue weighted by Crippen LogP contribution is -2.22. The molecule has 0 spiro atoms. The Morgan fingerprint density at radius 3 is 3.00 bits per heavy atom. The molecule has 0 aliphatic heterocycles. The molecule has 1 rings (SSSR count). The highest BCUT2D eigenvalue weighted by Gasteiger charge is 2.05. The van der Waals surface area contributed by atoms with Crippen molar-refractivity contribution in [3.8, 4) is 6.07 Å². The van der Waals surface area contributed by atoms with Crippen LogP contribution in [-0.4, -0.2) is 18.5 Å². The van der Waals surface area contributed by atoms with Crippen molar-refractivity contribution in [2.45, 2.75) is 13.5 Å². The highest BCUT2D eigenvalue weighted by Crippen LogP contribution is 2.09.